The third-order valence-electron chi connectivity index (χ3n) is 2.81. The highest BCUT2D eigenvalue weighted by Gasteiger charge is 2.21. The molecule has 0 amide bonds. The van der Waals surface area contributed by atoms with E-state index in [9.17, 15) is 12.8 Å². The van der Waals surface area contributed by atoms with Gasteiger partial charge in [0.2, 0.25) is 0 Å². The summed E-state index contributed by atoms with van der Waals surface area (Å²) in [5, 5.41) is 8.93. The van der Waals surface area contributed by atoms with Crippen molar-refractivity contribution in [3.05, 3.63) is 57.8 Å². The summed E-state index contributed by atoms with van der Waals surface area (Å²) < 4.78 is 41.4. The van der Waals surface area contributed by atoms with Crippen molar-refractivity contribution in [2.75, 3.05) is 4.72 Å². The van der Waals surface area contributed by atoms with Gasteiger partial charge in [0.25, 0.3) is 10.0 Å². The molecule has 0 aliphatic carbocycles. The van der Waals surface area contributed by atoms with Crippen molar-refractivity contribution in [1.29, 1.82) is 5.26 Å². The second-order valence-electron chi connectivity index (χ2n) is 4.29. The summed E-state index contributed by atoms with van der Waals surface area (Å²) in [6.45, 7) is 1.74. The molecule has 0 aliphatic heterocycles. The minimum atomic E-state index is -4.04. The molecular weight excluding hydrogens is 359 g/mol. The molecule has 0 spiro atoms. The van der Waals surface area contributed by atoms with Gasteiger partial charge in [-0.15, -0.1) is 0 Å². The van der Waals surface area contributed by atoms with E-state index in [2.05, 4.69) is 20.7 Å². The number of nitrogens with zero attached hydrogens (tertiary/aromatic N) is 1. The Morgan fingerprint density at radius 2 is 2.00 bits per heavy atom. The third kappa shape index (κ3) is 3.23. The number of halogens is 2. The molecule has 0 aromatic heterocycles. The van der Waals surface area contributed by atoms with Crippen molar-refractivity contribution in [2.24, 2.45) is 0 Å². The fraction of sp³-hybridized carbons (Fsp3) is 0.0714. The third-order valence-corrected chi connectivity index (χ3v) is 4.71. The predicted octanol–water partition coefficient (Wildman–Crippen LogP) is 3.57. The van der Waals surface area contributed by atoms with Crippen molar-refractivity contribution in [2.45, 2.75) is 11.8 Å². The van der Waals surface area contributed by atoms with Crippen LogP contribution in [0.4, 0.5) is 10.1 Å². The van der Waals surface area contributed by atoms with E-state index < -0.39 is 21.4 Å². The number of aryl methyl sites for hydroxylation is 1. The standard InChI is InChI=1S/C14H10BrFN2O2S/c1-9-7-10(15)5-6-13(9)18-21(19,20)14-4-2-3-12(16)11(14)8-17/h2-7,18H,1H3. The lowest BCUT2D eigenvalue weighted by atomic mass is 10.2. The zero-order chi connectivity index (χ0) is 15.6. The first-order chi connectivity index (χ1) is 9.85. The summed E-state index contributed by atoms with van der Waals surface area (Å²) >= 11 is 3.28. The van der Waals surface area contributed by atoms with Gasteiger partial charge in [-0.1, -0.05) is 22.0 Å². The van der Waals surface area contributed by atoms with E-state index in [4.69, 9.17) is 5.26 Å². The number of sulfonamides is 1. The van der Waals surface area contributed by atoms with E-state index in [1.54, 1.807) is 31.2 Å². The predicted molar refractivity (Wildman–Crippen MR) is 80.8 cm³/mol. The van der Waals surface area contributed by atoms with Gasteiger partial charge in [-0.2, -0.15) is 5.26 Å². The SMILES string of the molecule is Cc1cc(Br)ccc1NS(=O)(=O)c1cccc(F)c1C#N. The van der Waals surface area contributed by atoms with E-state index in [1.807, 2.05) is 0 Å². The summed E-state index contributed by atoms with van der Waals surface area (Å²) in [5.41, 5.74) is 0.564. The molecule has 1 N–H and O–H groups in total. The Morgan fingerprint density at radius 1 is 1.29 bits per heavy atom. The van der Waals surface area contributed by atoms with Crippen LogP contribution in [-0.2, 0) is 10.0 Å². The number of nitrogens with one attached hydrogen (secondary N) is 1. The Kier molecular flexibility index (Phi) is 4.30. The number of benzene rings is 2. The molecule has 0 saturated carbocycles. The maximum absolute atomic E-state index is 13.5. The van der Waals surface area contributed by atoms with Gasteiger partial charge in [0.15, 0.2) is 0 Å². The van der Waals surface area contributed by atoms with Gasteiger partial charge >= 0.3 is 0 Å². The molecule has 4 nitrogen and oxygen atoms in total. The fourth-order valence-electron chi connectivity index (χ4n) is 1.78. The molecule has 0 radical (unpaired) electrons. The molecule has 0 unspecified atom stereocenters. The zero-order valence-electron chi connectivity index (χ0n) is 10.9. The smallest absolute Gasteiger partial charge is 0.263 e. The lowest BCUT2D eigenvalue weighted by molar-refractivity contribution is 0.593. The maximum Gasteiger partial charge on any atom is 0.263 e. The van der Waals surface area contributed by atoms with Crippen LogP contribution in [0.2, 0.25) is 0 Å². The molecule has 0 atom stereocenters. The molecule has 2 rings (SSSR count). The molecular formula is C14H10BrFN2O2S. The van der Waals surface area contributed by atoms with Crippen molar-refractivity contribution in [3.63, 3.8) is 0 Å². The minimum Gasteiger partial charge on any atom is -0.279 e. The molecule has 2 aromatic rings. The summed E-state index contributed by atoms with van der Waals surface area (Å²) in [4.78, 5) is -0.382. The lowest BCUT2D eigenvalue weighted by Gasteiger charge is -2.12. The van der Waals surface area contributed by atoms with Gasteiger partial charge in [0, 0.05) is 4.47 Å². The second kappa shape index (κ2) is 5.84. The summed E-state index contributed by atoms with van der Waals surface area (Å²) in [5.74, 6) is -0.868. The van der Waals surface area contributed by atoms with Gasteiger partial charge in [-0.25, -0.2) is 12.8 Å². The average Bonchev–Trinajstić information content (AvgIpc) is 2.41. The van der Waals surface area contributed by atoms with Crippen LogP contribution >= 0.6 is 15.9 Å². The Morgan fingerprint density at radius 3 is 2.62 bits per heavy atom. The molecule has 0 fully saturated rings. The van der Waals surface area contributed by atoms with Crippen molar-refractivity contribution in [1.82, 2.24) is 0 Å². The number of rotatable bonds is 3. The Balaban J connectivity index is 2.49. The number of hydrogen-bond donors (Lipinski definition) is 1. The van der Waals surface area contributed by atoms with Crippen LogP contribution in [0.25, 0.3) is 0 Å². The average molecular weight is 369 g/mol. The van der Waals surface area contributed by atoms with Crippen molar-refractivity contribution < 1.29 is 12.8 Å². The van der Waals surface area contributed by atoms with Gasteiger partial charge in [0.1, 0.15) is 22.3 Å². The summed E-state index contributed by atoms with van der Waals surface area (Å²) in [6, 6.07) is 10.1. The Labute approximate surface area is 130 Å². The molecule has 2 aromatic carbocycles. The fourth-order valence-corrected chi connectivity index (χ4v) is 3.55. The van der Waals surface area contributed by atoms with Crippen LogP contribution in [0.3, 0.4) is 0 Å². The lowest BCUT2D eigenvalue weighted by Crippen LogP contribution is -2.15. The van der Waals surface area contributed by atoms with E-state index in [1.165, 1.54) is 12.1 Å². The highest BCUT2D eigenvalue weighted by atomic mass is 79.9. The normalized spacial score (nSPS) is 11.0. The van der Waals surface area contributed by atoms with E-state index in [0.717, 1.165) is 10.5 Å². The van der Waals surface area contributed by atoms with Crippen molar-refractivity contribution in [3.8, 4) is 6.07 Å². The largest absolute Gasteiger partial charge is 0.279 e. The minimum absolute atomic E-state index is 0.367. The van der Waals surface area contributed by atoms with Crippen LogP contribution in [-0.4, -0.2) is 8.42 Å². The van der Waals surface area contributed by atoms with E-state index in [0.29, 0.717) is 11.3 Å². The van der Waals surface area contributed by atoms with Crippen LogP contribution in [0, 0.1) is 24.1 Å². The van der Waals surface area contributed by atoms with E-state index in [-0.39, 0.29) is 4.90 Å². The topological polar surface area (TPSA) is 70.0 Å². The number of nitriles is 1. The maximum atomic E-state index is 13.5. The second-order valence-corrected chi connectivity index (χ2v) is 6.86. The Hall–Kier alpha value is -1.91. The molecule has 0 aliphatic rings. The van der Waals surface area contributed by atoms with Crippen LogP contribution in [0.15, 0.2) is 45.8 Å². The molecule has 0 saturated heterocycles. The summed E-state index contributed by atoms with van der Waals surface area (Å²) in [6.07, 6.45) is 0. The van der Waals surface area contributed by atoms with E-state index >= 15 is 0 Å². The van der Waals surface area contributed by atoms with Gasteiger partial charge < -0.3 is 0 Å². The first-order valence-electron chi connectivity index (χ1n) is 5.83. The highest BCUT2D eigenvalue weighted by Crippen LogP contribution is 2.25. The molecule has 21 heavy (non-hydrogen) atoms. The molecule has 0 heterocycles. The number of anilines is 1. The highest BCUT2D eigenvalue weighted by molar-refractivity contribution is 9.10. The van der Waals surface area contributed by atoms with Gasteiger partial charge in [0.05, 0.1) is 5.69 Å². The van der Waals surface area contributed by atoms with Crippen LogP contribution in [0.5, 0.6) is 0 Å². The zero-order valence-corrected chi connectivity index (χ0v) is 13.3. The molecule has 108 valence electrons. The van der Waals surface area contributed by atoms with Gasteiger partial charge in [-0.3, -0.25) is 4.72 Å². The quantitative estimate of drug-likeness (QED) is 0.899. The van der Waals surface area contributed by atoms with Crippen LogP contribution in [0.1, 0.15) is 11.1 Å². The molecule has 0 bridgehead atoms. The van der Waals surface area contributed by atoms with Crippen LogP contribution < -0.4 is 4.72 Å². The first kappa shape index (κ1) is 15.5. The monoisotopic (exact) mass is 368 g/mol. The number of hydrogen-bond acceptors (Lipinski definition) is 3. The Bertz CT molecular complexity index is 845. The van der Waals surface area contributed by atoms with Gasteiger partial charge in [-0.05, 0) is 42.8 Å². The molecule has 7 heteroatoms. The first-order valence-corrected chi connectivity index (χ1v) is 8.10. The van der Waals surface area contributed by atoms with Crippen molar-refractivity contribution >= 4 is 31.6 Å². The summed E-state index contributed by atoms with van der Waals surface area (Å²) in [7, 11) is -4.04.